The van der Waals surface area contributed by atoms with Crippen molar-refractivity contribution in [3.8, 4) is 0 Å². The molecule has 0 radical (unpaired) electrons. The van der Waals surface area contributed by atoms with E-state index >= 15 is 0 Å². The molecule has 3 heterocycles. The first-order valence-electron chi connectivity index (χ1n) is 13.5. The van der Waals surface area contributed by atoms with Gasteiger partial charge in [0.05, 0.1) is 11.5 Å². The summed E-state index contributed by atoms with van der Waals surface area (Å²) in [7, 11) is 0. The molecule has 5 rings (SSSR count). The van der Waals surface area contributed by atoms with Crippen LogP contribution in [0.1, 0.15) is 75.9 Å². The molecule has 0 bridgehead atoms. The van der Waals surface area contributed by atoms with Gasteiger partial charge < -0.3 is 15.0 Å². The highest BCUT2D eigenvalue weighted by atomic mass is 19.3. The minimum absolute atomic E-state index is 0.185. The molecule has 10 nitrogen and oxygen atoms in total. The smallest absolute Gasteiger partial charge is 0.407 e. The van der Waals surface area contributed by atoms with Crippen molar-refractivity contribution >= 4 is 17.8 Å². The number of alkyl carbamates (subject to hydrolysis) is 1. The van der Waals surface area contributed by atoms with Crippen molar-refractivity contribution in [1.82, 2.24) is 25.5 Å². The number of nitrogens with zero attached hydrogens (tertiary/aromatic N) is 4. The Kier molecular flexibility index (Phi) is 7.10. The Morgan fingerprint density at radius 2 is 2.00 bits per heavy atom. The van der Waals surface area contributed by atoms with E-state index in [1.807, 2.05) is 12.1 Å². The Morgan fingerprint density at radius 3 is 2.65 bits per heavy atom. The maximum absolute atomic E-state index is 14.0. The zero-order valence-electron chi connectivity index (χ0n) is 23.5. The van der Waals surface area contributed by atoms with E-state index in [4.69, 9.17) is 14.6 Å². The molecule has 3 aliphatic rings. The molecule has 0 spiro atoms. The molecule has 2 amide bonds. The molecule has 2 N–H and O–H groups in total. The van der Waals surface area contributed by atoms with Crippen LogP contribution >= 0.6 is 0 Å². The molecule has 1 aliphatic carbocycles. The number of carbonyl (C=O) groups excluding carboxylic acids is 2. The van der Waals surface area contributed by atoms with Gasteiger partial charge in [0.1, 0.15) is 29.4 Å². The molecule has 2 unspecified atom stereocenters. The second kappa shape index (κ2) is 10.1. The SMILES string of the molecule is Cc1ccccc1C1(C2=NC(C)(c3cc(C(F)F)n(CC(=O)N4CCC(NC(=O)OC(C)(C)C)C4)n3)ON2)CC1. The first kappa shape index (κ1) is 28.0. The number of hydrogen-bond donors (Lipinski definition) is 2. The number of carbonyl (C=O) groups is 2. The molecule has 2 aromatic rings. The lowest BCUT2D eigenvalue weighted by molar-refractivity contribution is -0.131. The summed E-state index contributed by atoms with van der Waals surface area (Å²) in [6, 6.07) is 9.06. The van der Waals surface area contributed by atoms with Gasteiger partial charge in [0.25, 0.3) is 6.43 Å². The second-order valence-electron chi connectivity index (χ2n) is 11.9. The molecule has 216 valence electrons. The Labute approximate surface area is 232 Å². The molecular weight excluding hydrogens is 522 g/mol. The summed E-state index contributed by atoms with van der Waals surface area (Å²) >= 11 is 0. The monoisotopic (exact) mass is 558 g/mol. The number of rotatable bonds is 7. The molecule has 1 aromatic carbocycles. The Morgan fingerprint density at radius 1 is 1.27 bits per heavy atom. The topological polar surface area (TPSA) is 110 Å². The fraction of sp³-hybridized carbons (Fsp3) is 0.571. The van der Waals surface area contributed by atoms with Gasteiger partial charge in [-0.25, -0.2) is 28.9 Å². The molecule has 1 aromatic heterocycles. The van der Waals surface area contributed by atoms with Crippen LogP contribution in [0.4, 0.5) is 13.6 Å². The van der Waals surface area contributed by atoms with E-state index < -0.39 is 23.8 Å². The fourth-order valence-electron chi connectivity index (χ4n) is 5.36. The van der Waals surface area contributed by atoms with Crippen LogP contribution in [0.25, 0.3) is 0 Å². The zero-order valence-corrected chi connectivity index (χ0v) is 23.5. The average molecular weight is 559 g/mol. The van der Waals surface area contributed by atoms with Gasteiger partial charge in [-0.1, -0.05) is 24.3 Å². The summed E-state index contributed by atoms with van der Waals surface area (Å²) in [5.41, 5.74) is 2.77. The number of ether oxygens (including phenoxy) is 1. The van der Waals surface area contributed by atoms with Crippen LogP contribution in [0.2, 0.25) is 0 Å². The quantitative estimate of drug-likeness (QED) is 0.530. The number of benzene rings is 1. The van der Waals surface area contributed by atoms with Crippen LogP contribution < -0.4 is 10.8 Å². The van der Waals surface area contributed by atoms with E-state index in [1.54, 1.807) is 27.7 Å². The van der Waals surface area contributed by atoms with Crippen molar-refractivity contribution in [2.75, 3.05) is 13.1 Å². The summed E-state index contributed by atoms with van der Waals surface area (Å²) in [6.45, 7) is 9.29. The fourth-order valence-corrected chi connectivity index (χ4v) is 5.36. The van der Waals surface area contributed by atoms with Gasteiger partial charge in [-0.2, -0.15) is 5.10 Å². The van der Waals surface area contributed by atoms with Crippen LogP contribution in [0.3, 0.4) is 0 Å². The Hall–Kier alpha value is -3.54. The summed E-state index contributed by atoms with van der Waals surface area (Å²) in [6.07, 6.45) is -1.08. The van der Waals surface area contributed by atoms with E-state index in [0.717, 1.165) is 28.7 Å². The maximum atomic E-state index is 14.0. The van der Waals surface area contributed by atoms with Gasteiger partial charge >= 0.3 is 6.09 Å². The number of alkyl halides is 2. The molecule has 12 heteroatoms. The van der Waals surface area contributed by atoms with Gasteiger partial charge in [-0.05, 0) is 71.1 Å². The van der Waals surface area contributed by atoms with Gasteiger partial charge in [0, 0.05) is 13.1 Å². The first-order valence-corrected chi connectivity index (χ1v) is 13.5. The van der Waals surface area contributed by atoms with Crippen molar-refractivity contribution in [2.24, 2.45) is 4.99 Å². The molecule has 40 heavy (non-hydrogen) atoms. The zero-order chi connectivity index (χ0) is 28.9. The number of aliphatic imine (C=N–C) groups is 1. The predicted octanol–water partition coefficient (Wildman–Crippen LogP) is 4.09. The minimum Gasteiger partial charge on any atom is -0.444 e. The van der Waals surface area contributed by atoms with Gasteiger partial charge in [-0.15, -0.1) is 0 Å². The van der Waals surface area contributed by atoms with Crippen LogP contribution in [0, 0.1) is 6.92 Å². The predicted molar refractivity (Wildman–Crippen MR) is 143 cm³/mol. The number of amides is 2. The lowest BCUT2D eigenvalue weighted by atomic mass is 9.91. The molecule has 2 fully saturated rings. The highest BCUT2D eigenvalue weighted by Gasteiger charge is 2.54. The lowest BCUT2D eigenvalue weighted by Gasteiger charge is -2.22. The number of hydroxylamine groups is 1. The number of aryl methyl sites for hydroxylation is 1. The molecular formula is C28H36F2N6O4. The van der Waals surface area contributed by atoms with E-state index in [-0.39, 0.29) is 41.8 Å². The van der Waals surface area contributed by atoms with Crippen LogP contribution in [0.5, 0.6) is 0 Å². The molecule has 2 atom stereocenters. The summed E-state index contributed by atoms with van der Waals surface area (Å²) < 4.78 is 34.3. The first-order chi connectivity index (χ1) is 18.8. The number of nitrogens with one attached hydrogen (secondary N) is 2. The number of amidine groups is 1. The van der Waals surface area contributed by atoms with Crippen molar-refractivity contribution in [3.05, 3.63) is 52.8 Å². The average Bonchev–Trinajstić information content (AvgIpc) is 3.17. The van der Waals surface area contributed by atoms with Gasteiger partial charge in [0.15, 0.2) is 0 Å². The number of hydrogen-bond acceptors (Lipinski definition) is 7. The van der Waals surface area contributed by atoms with Gasteiger partial charge in [-0.3, -0.25) is 9.48 Å². The number of aromatic nitrogens is 2. The van der Waals surface area contributed by atoms with E-state index in [2.05, 4.69) is 35.0 Å². The Bertz CT molecular complexity index is 1330. The third-order valence-corrected chi connectivity index (χ3v) is 7.59. The van der Waals surface area contributed by atoms with Crippen LogP contribution in [-0.2, 0) is 32.1 Å². The van der Waals surface area contributed by atoms with Crippen molar-refractivity contribution in [1.29, 1.82) is 0 Å². The Balaban J connectivity index is 1.29. The molecule has 1 saturated heterocycles. The van der Waals surface area contributed by atoms with Crippen LogP contribution in [0.15, 0.2) is 35.3 Å². The van der Waals surface area contributed by atoms with E-state index in [0.29, 0.717) is 18.8 Å². The van der Waals surface area contributed by atoms with E-state index in [1.165, 1.54) is 11.0 Å². The molecule has 2 aliphatic heterocycles. The van der Waals surface area contributed by atoms with Crippen molar-refractivity contribution in [2.45, 2.75) is 89.6 Å². The van der Waals surface area contributed by atoms with Crippen molar-refractivity contribution < 1.29 is 27.9 Å². The highest BCUT2D eigenvalue weighted by molar-refractivity contribution is 5.96. The minimum atomic E-state index is -2.85. The third-order valence-electron chi connectivity index (χ3n) is 7.59. The van der Waals surface area contributed by atoms with Crippen LogP contribution in [-0.4, -0.2) is 57.2 Å². The van der Waals surface area contributed by atoms with Gasteiger partial charge in [0.2, 0.25) is 11.6 Å². The summed E-state index contributed by atoms with van der Waals surface area (Å²) in [5.74, 6) is 0.274. The number of likely N-dealkylation sites (tertiary alicyclic amines) is 1. The third kappa shape index (κ3) is 5.54. The van der Waals surface area contributed by atoms with Crippen molar-refractivity contribution in [3.63, 3.8) is 0 Å². The molecule has 1 saturated carbocycles. The lowest BCUT2D eigenvalue weighted by Crippen LogP contribution is -2.41. The maximum Gasteiger partial charge on any atom is 0.407 e. The normalized spacial score (nSPS) is 23.6. The summed E-state index contributed by atoms with van der Waals surface area (Å²) in [5, 5.41) is 7.12. The summed E-state index contributed by atoms with van der Waals surface area (Å²) in [4.78, 5) is 37.3. The highest BCUT2D eigenvalue weighted by Crippen LogP contribution is 2.52. The second-order valence-corrected chi connectivity index (χ2v) is 11.9. The largest absolute Gasteiger partial charge is 0.444 e. The van der Waals surface area contributed by atoms with E-state index in [9.17, 15) is 18.4 Å². The standard InChI is InChI=1S/C28H36F2N6O4/c1-17-8-6-7-9-19(17)28(11-12-28)24-32-27(5,40-34-24)21-14-20(23(29)30)36(33-21)16-22(37)35-13-10-18(15-35)31-25(38)39-26(2,3)4/h6-9,14,18,23H,10-13,15-16H2,1-5H3,(H,31,38)(H,32,34). The number of halogens is 2.